The predicted octanol–water partition coefficient (Wildman–Crippen LogP) is 1.26. The molecule has 2 aromatic carbocycles. The molecule has 0 bridgehead atoms. The van der Waals surface area contributed by atoms with Gasteiger partial charge in [0.2, 0.25) is 10.9 Å². The van der Waals surface area contributed by atoms with E-state index in [9.17, 15) is 9.59 Å². The average Bonchev–Trinajstić information content (AvgIpc) is 2.35. The van der Waals surface area contributed by atoms with E-state index in [4.69, 9.17) is 4.74 Å². The number of hydrogen-bond acceptors (Lipinski definition) is 3. The Bertz CT molecular complexity index is 658. The summed E-state index contributed by atoms with van der Waals surface area (Å²) < 4.78 is 5.57. The summed E-state index contributed by atoms with van der Waals surface area (Å²) in [6.07, 6.45) is 2.56. The number of benzene rings is 1. The van der Waals surface area contributed by atoms with Crippen LogP contribution in [0.3, 0.4) is 0 Å². The number of fused-ring (bicyclic) bond motifs is 1. The highest BCUT2D eigenvalue weighted by molar-refractivity contribution is 5.66. The predicted molar refractivity (Wildman–Crippen MR) is 60.1 cm³/mol. The Morgan fingerprint density at radius 3 is 2.69 bits per heavy atom. The molecule has 0 aliphatic carbocycles. The first-order valence-corrected chi connectivity index (χ1v) is 5.02. The maximum absolute atomic E-state index is 11.2. The maximum atomic E-state index is 11.2. The van der Waals surface area contributed by atoms with Gasteiger partial charge in [-0.1, -0.05) is 18.2 Å². The molecule has 0 aromatic heterocycles. The number of rotatable bonds is 1. The van der Waals surface area contributed by atoms with Gasteiger partial charge >= 0.3 is 0 Å². The fourth-order valence-corrected chi connectivity index (χ4v) is 1.80. The van der Waals surface area contributed by atoms with Crippen LogP contribution in [0, 0.1) is 0 Å². The van der Waals surface area contributed by atoms with E-state index in [1.54, 1.807) is 0 Å². The van der Waals surface area contributed by atoms with Crippen LogP contribution >= 0.6 is 0 Å². The minimum absolute atomic E-state index is 0.388. The summed E-state index contributed by atoms with van der Waals surface area (Å²) in [5, 5.41) is 0. The Labute approximate surface area is 91.3 Å². The van der Waals surface area contributed by atoms with Crippen LogP contribution in [0.15, 0.2) is 46.0 Å². The summed E-state index contributed by atoms with van der Waals surface area (Å²) in [6, 6.07) is 8.98. The first-order valence-electron chi connectivity index (χ1n) is 5.02. The summed E-state index contributed by atoms with van der Waals surface area (Å²) in [6.45, 7) is 0. The Morgan fingerprint density at radius 1 is 1.12 bits per heavy atom. The van der Waals surface area contributed by atoms with Crippen LogP contribution in [0.25, 0.3) is 5.76 Å². The van der Waals surface area contributed by atoms with E-state index in [2.05, 4.69) is 0 Å². The molecule has 0 spiro atoms. The summed E-state index contributed by atoms with van der Waals surface area (Å²) in [5.74, 6) is 1.26. The highest BCUT2D eigenvalue weighted by Gasteiger charge is 2.19. The van der Waals surface area contributed by atoms with E-state index in [1.807, 2.05) is 30.3 Å². The summed E-state index contributed by atoms with van der Waals surface area (Å²) in [7, 11) is 0. The van der Waals surface area contributed by atoms with E-state index in [1.165, 1.54) is 6.07 Å². The van der Waals surface area contributed by atoms with Gasteiger partial charge in [-0.05, 0) is 24.1 Å². The van der Waals surface area contributed by atoms with Gasteiger partial charge < -0.3 is 4.74 Å². The molecule has 1 aliphatic rings. The van der Waals surface area contributed by atoms with Gasteiger partial charge in [0.1, 0.15) is 11.5 Å². The third-order valence-corrected chi connectivity index (χ3v) is 2.71. The molecule has 0 amide bonds. The van der Waals surface area contributed by atoms with Crippen LogP contribution in [0.5, 0.6) is 5.75 Å². The molecule has 0 unspecified atom stereocenters. The van der Waals surface area contributed by atoms with Gasteiger partial charge in [0.15, 0.2) is 0 Å². The zero-order valence-electron chi connectivity index (χ0n) is 8.40. The molecule has 0 radical (unpaired) electrons. The lowest BCUT2D eigenvalue weighted by Crippen LogP contribution is -2.34. The van der Waals surface area contributed by atoms with E-state index >= 15 is 0 Å². The van der Waals surface area contributed by atoms with Crippen molar-refractivity contribution >= 4 is 5.76 Å². The van der Waals surface area contributed by atoms with Crippen molar-refractivity contribution in [1.82, 2.24) is 0 Å². The van der Waals surface area contributed by atoms with Gasteiger partial charge in [-0.15, -0.1) is 0 Å². The molecule has 0 N–H and O–H groups in total. The minimum Gasteiger partial charge on any atom is -0.457 e. The molecule has 1 heterocycles. The average molecular weight is 212 g/mol. The molecule has 3 heteroatoms. The Hall–Kier alpha value is -2.16. The van der Waals surface area contributed by atoms with E-state index in [0.717, 1.165) is 17.7 Å². The van der Waals surface area contributed by atoms with Crippen molar-refractivity contribution in [2.45, 2.75) is 6.42 Å². The molecule has 16 heavy (non-hydrogen) atoms. The Balaban J connectivity index is 1.99. The van der Waals surface area contributed by atoms with E-state index in [0.29, 0.717) is 11.3 Å². The summed E-state index contributed by atoms with van der Waals surface area (Å²) in [5.41, 5.74) is 0.577. The van der Waals surface area contributed by atoms with Crippen molar-refractivity contribution in [2.75, 3.05) is 0 Å². The lowest BCUT2D eigenvalue weighted by atomic mass is 10.0. The topological polar surface area (TPSA) is 43.4 Å². The first kappa shape index (κ1) is 9.09. The molecule has 1 aliphatic heterocycles. The van der Waals surface area contributed by atoms with Crippen molar-refractivity contribution in [1.29, 1.82) is 0 Å². The molecule has 78 valence electrons. The normalized spacial score (nSPS) is 14.1. The first-order chi connectivity index (χ1) is 7.75. The minimum atomic E-state index is -0.453. The molecular weight excluding hydrogens is 204 g/mol. The molecule has 0 atom stereocenters. The third-order valence-electron chi connectivity index (χ3n) is 2.71. The highest BCUT2D eigenvalue weighted by atomic mass is 16.5. The monoisotopic (exact) mass is 212 g/mol. The molecule has 2 aromatic rings. The zero-order valence-corrected chi connectivity index (χ0v) is 8.40. The largest absolute Gasteiger partial charge is 0.457 e. The van der Waals surface area contributed by atoms with E-state index in [-0.39, 0.29) is 0 Å². The SMILES string of the molecule is O=c1cc(C2=CCc3ccccc3O2)c1=O. The fraction of sp³-hybridized carbons (Fsp3) is 0.0769. The Morgan fingerprint density at radius 2 is 1.94 bits per heavy atom. The zero-order chi connectivity index (χ0) is 11.1. The highest BCUT2D eigenvalue weighted by Crippen LogP contribution is 2.28. The third kappa shape index (κ3) is 1.21. The molecule has 0 fully saturated rings. The fourth-order valence-electron chi connectivity index (χ4n) is 1.80. The lowest BCUT2D eigenvalue weighted by Gasteiger charge is -2.18. The molecular formula is C13H8O3. The molecule has 3 nitrogen and oxygen atoms in total. The van der Waals surface area contributed by atoms with Gasteiger partial charge in [0.05, 0.1) is 5.56 Å². The van der Waals surface area contributed by atoms with Gasteiger partial charge in [-0.3, -0.25) is 9.59 Å². The molecule has 0 saturated carbocycles. The van der Waals surface area contributed by atoms with Crippen molar-refractivity contribution in [2.24, 2.45) is 0 Å². The Kier molecular flexibility index (Phi) is 1.80. The van der Waals surface area contributed by atoms with Crippen molar-refractivity contribution in [3.8, 4) is 5.75 Å². The van der Waals surface area contributed by atoms with Crippen LogP contribution in [-0.4, -0.2) is 0 Å². The second-order valence-electron chi connectivity index (χ2n) is 3.73. The van der Waals surface area contributed by atoms with Crippen molar-refractivity contribution in [3.05, 3.63) is 68.0 Å². The second-order valence-corrected chi connectivity index (χ2v) is 3.73. The van der Waals surface area contributed by atoms with Crippen molar-refractivity contribution < 1.29 is 4.74 Å². The number of hydrogen-bond donors (Lipinski definition) is 0. The van der Waals surface area contributed by atoms with Gasteiger partial charge in [0.25, 0.3) is 0 Å². The number of para-hydroxylation sites is 1. The van der Waals surface area contributed by atoms with Gasteiger partial charge in [-0.25, -0.2) is 0 Å². The number of ether oxygens (including phenoxy) is 1. The lowest BCUT2D eigenvalue weighted by molar-refractivity contribution is 0.497. The summed E-state index contributed by atoms with van der Waals surface area (Å²) >= 11 is 0. The quantitative estimate of drug-likeness (QED) is 0.668. The van der Waals surface area contributed by atoms with Crippen molar-refractivity contribution in [3.63, 3.8) is 0 Å². The van der Waals surface area contributed by atoms with Crippen LogP contribution < -0.4 is 15.6 Å². The van der Waals surface area contributed by atoms with Crippen LogP contribution in [0.4, 0.5) is 0 Å². The summed E-state index contributed by atoms with van der Waals surface area (Å²) in [4.78, 5) is 22.1. The maximum Gasteiger partial charge on any atom is 0.236 e. The van der Waals surface area contributed by atoms with Gasteiger partial charge in [-0.2, -0.15) is 0 Å². The van der Waals surface area contributed by atoms with Gasteiger partial charge in [0, 0.05) is 6.07 Å². The van der Waals surface area contributed by atoms with Crippen LogP contribution in [0.2, 0.25) is 0 Å². The smallest absolute Gasteiger partial charge is 0.236 e. The number of allylic oxidation sites excluding steroid dienone is 1. The second kappa shape index (κ2) is 3.17. The molecule has 0 saturated heterocycles. The van der Waals surface area contributed by atoms with E-state index < -0.39 is 10.9 Å². The molecule has 3 rings (SSSR count). The van der Waals surface area contributed by atoms with Crippen LogP contribution in [0.1, 0.15) is 11.1 Å². The standard InChI is InChI=1S/C13H8O3/c14-10-7-9(13(10)15)12-6-5-8-3-1-2-4-11(8)16-12/h1-4,6-7H,5H2. The van der Waals surface area contributed by atoms with Crippen LogP contribution in [-0.2, 0) is 6.42 Å².